The fourth-order valence-electron chi connectivity index (χ4n) is 2.35. The molecule has 0 saturated carbocycles. The summed E-state index contributed by atoms with van der Waals surface area (Å²) in [5.74, 6) is 2.55. The minimum absolute atomic E-state index is 0.613. The highest BCUT2D eigenvalue weighted by atomic mass is 14.7. The molecule has 0 aliphatic carbocycles. The van der Waals surface area contributed by atoms with Gasteiger partial charge in [-0.05, 0) is 34.8 Å². The Hall–Kier alpha value is -1.18. The van der Waals surface area contributed by atoms with Gasteiger partial charge >= 0.3 is 0 Å². The van der Waals surface area contributed by atoms with Crippen LogP contribution in [0.4, 0.5) is 0 Å². The fraction of sp³-hybridized carbons (Fsp3) is 0.700. The summed E-state index contributed by atoms with van der Waals surface area (Å²) in [5, 5.41) is 0. The summed E-state index contributed by atoms with van der Waals surface area (Å²) < 4.78 is 0. The molecule has 0 aromatic carbocycles. The first-order valence-electron chi connectivity index (χ1n) is 8.73. The second-order valence-corrected chi connectivity index (χ2v) is 7.62. The van der Waals surface area contributed by atoms with Crippen molar-refractivity contribution >= 4 is 11.4 Å². The monoisotopic (exact) mass is 302 g/mol. The number of nitrogens with zero attached hydrogens (tertiary/aromatic N) is 2. The zero-order valence-electron chi connectivity index (χ0n) is 15.8. The van der Waals surface area contributed by atoms with E-state index in [1.54, 1.807) is 0 Å². The molecule has 0 saturated heterocycles. The largest absolute Gasteiger partial charge is 0.265 e. The van der Waals surface area contributed by atoms with E-state index in [-0.39, 0.29) is 0 Å². The van der Waals surface area contributed by atoms with E-state index < -0.39 is 0 Å². The number of aliphatic imine (C=N–C) groups is 2. The standard InChI is InChI=1S/2C10H17N/c2*1-7(2)9-5-10(8(3)4)11-6-9/h2*6-8H,5H2,1-4H3. The molecule has 2 heterocycles. The molecule has 22 heavy (non-hydrogen) atoms. The van der Waals surface area contributed by atoms with Crippen molar-refractivity contribution in [2.45, 2.75) is 68.2 Å². The molecule has 0 amide bonds. The average molecular weight is 303 g/mol. The molecular weight excluding hydrogens is 268 g/mol. The fourth-order valence-corrected chi connectivity index (χ4v) is 2.35. The van der Waals surface area contributed by atoms with Crippen LogP contribution < -0.4 is 0 Å². The van der Waals surface area contributed by atoms with E-state index in [4.69, 9.17) is 0 Å². The highest BCUT2D eigenvalue weighted by Gasteiger charge is 2.15. The zero-order valence-corrected chi connectivity index (χ0v) is 15.8. The van der Waals surface area contributed by atoms with E-state index in [2.05, 4.69) is 65.4 Å². The van der Waals surface area contributed by atoms with Crippen LogP contribution in [0.2, 0.25) is 0 Å². The lowest BCUT2D eigenvalue weighted by molar-refractivity contribution is 0.749. The number of hydrogen-bond donors (Lipinski definition) is 0. The van der Waals surface area contributed by atoms with Gasteiger partial charge in [-0.3, -0.25) is 9.98 Å². The van der Waals surface area contributed by atoms with Crippen molar-refractivity contribution in [1.82, 2.24) is 0 Å². The lowest BCUT2D eigenvalue weighted by Gasteiger charge is -2.07. The van der Waals surface area contributed by atoms with Crippen molar-refractivity contribution in [1.29, 1.82) is 0 Å². The van der Waals surface area contributed by atoms with Crippen LogP contribution in [0, 0.1) is 23.7 Å². The van der Waals surface area contributed by atoms with Gasteiger partial charge in [-0.15, -0.1) is 0 Å². The lowest BCUT2D eigenvalue weighted by Crippen LogP contribution is -2.06. The van der Waals surface area contributed by atoms with Crippen LogP contribution in [0.5, 0.6) is 0 Å². The van der Waals surface area contributed by atoms with Crippen LogP contribution >= 0.6 is 0 Å². The third-order valence-electron chi connectivity index (χ3n) is 4.38. The smallest absolute Gasteiger partial charge is 0.0265 e. The second kappa shape index (κ2) is 8.45. The van der Waals surface area contributed by atoms with Gasteiger partial charge in [0.2, 0.25) is 0 Å². The quantitative estimate of drug-likeness (QED) is 0.603. The predicted molar refractivity (Wildman–Crippen MR) is 99.6 cm³/mol. The number of allylic oxidation sites excluding steroid dienone is 2. The van der Waals surface area contributed by atoms with Crippen molar-refractivity contribution in [3.8, 4) is 0 Å². The Kier molecular flexibility index (Phi) is 7.25. The molecule has 124 valence electrons. The molecule has 2 aliphatic rings. The third kappa shape index (κ3) is 5.55. The van der Waals surface area contributed by atoms with Gasteiger partial charge in [0.25, 0.3) is 0 Å². The third-order valence-corrected chi connectivity index (χ3v) is 4.38. The lowest BCUT2D eigenvalue weighted by atomic mass is 9.96. The maximum atomic E-state index is 4.39. The van der Waals surface area contributed by atoms with Gasteiger partial charge in [0, 0.05) is 36.7 Å². The summed E-state index contributed by atoms with van der Waals surface area (Å²) in [4.78, 5) is 8.78. The minimum atomic E-state index is 0.613. The molecule has 2 aliphatic heterocycles. The molecule has 0 aromatic heterocycles. The van der Waals surface area contributed by atoms with Crippen molar-refractivity contribution < 1.29 is 0 Å². The molecular formula is C20H34N2. The van der Waals surface area contributed by atoms with Crippen molar-refractivity contribution in [2.75, 3.05) is 0 Å². The summed E-state index contributed by atoms with van der Waals surface area (Å²) >= 11 is 0. The number of rotatable bonds is 4. The first-order valence-corrected chi connectivity index (χ1v) is 8.73. The first kappa shape index (κ1) is 18.9. The Morgan fingerprint density at radius 1 is 0.591 bits per heavy atom. The average Bonchev–Trinajstić information content (AvgIpc) is 3.09. The van der Waals surface area contributed by atoms with Crippen LogP contribution in [-0.4, -0.2) is 11.4 Å². The normalized spacial score (nSPS) is 17.6. The summed E-state index contributed by atoms with van der Waals surface area (Å²) in [6, 6.07) is 0. The molecule has 2 rings (SSSR count). The van der Waals surface area contributed by atoms with Crippen LogP contribution in [0.1, 0.15) is 68.2 Å². The second-order valence-electron chi connectivity index (χ2n) is 7.62. The molecule has 2 nitrogen and oxygen atoms in total. The molecule has 0 aromatic rings. The van der Waals surface area contributed by atoms with Gasteiger partial charge in [-0.2, -0.15) is 0 Å². The summed E-state index contributed by atoms with van der Waals surface area (Å²) in [6.07, 6.45) is 6.30. The molecule has 0 atom stereocenters. The van der Waals surface area contributed by atoms with Crippen LogP contribution in [0.25, 0.3) is 0 Å². The summed E-state index contributed by atoms with van der Waals surface area (Å²) in [6.45, 7) is 17.7. The van der Waals surface area contributed by atoms with Crippen molar-refractivity contribution in [3.05, 3.63) is 23.5 Å². The highest BCUT2D eigenvalue weighted by Crippen LogP contribution is 2.23. The minimum Gasteiger partial charge on any atom is -0.265 e. The first-order chi connectivity index (χ1) is 10.2. The number of hydrogen-bond acceptors (Lipinski definition) is 2. The topological polar surface area (TPSA) is 24.7 Å². The van der Waals surface area contributed by atoms with Crippen molar-refractivity contribution in [3.63, 3.8) is 0 Å². The maximum absolute atomic E-state index is 4.39. The van der Waals surface area contributed by atoms with Crippen LogP contribution in [0.15, 0.2) is 33.5 Å². The van der Waals surface area contributed by atoms with E-state index >= 15 is 0 Å². The van der Waals surface area contributed by atoms with E-state index in [1.807, 2.05) is 12.4 Å². The van der Waals surface area contributed by atoms with Gasteiger partial charge in [0.15, 0.2) is 0 Å². The molecule has 0 fully saturated rings. The Bertz CT molecular complexity index is 396. The van der Waals surface area contributed by atoms with Crippen molar-refractivity contribution in [2.24, 2.45) is 33.7 Å². The van der Waals surface area contributed by atoms with E-state index in [0.717, 1.165) is 12.8 Å². The predicted octanol–water partition coefficient (Wildman–Crippen LogP) is 6.05. The maximum Gasteiger partial charge on any atom is 0.0265 e. The van der Waals surface area contributed by atoms with Gasteiger partial charge in [0.1, 0.15) is 0 Å². The van der Waals surface area contributed by atoms with Gasteiger partial charge in [-0.25, -0.2) is 0 Å². The highest BCUT2D eigenvalue weighted by molar-refractivity contribution is 5.91. The van der Waals surface area contributed by atoms with E-state index in [0.29, 0.717) is 23.7 Å². The van der Waals surface area contributed by atoms with E-state index in [9.17, 15) is 0 Å². The molecule has 0 N–H and O–H groups in total. The molecule has 0 unspecified atom stereocenters. The van der Waals surface area contributed by atoms with Crippen LogP contribution in [-0.2, 0) is 0 Å². The Morgan fingerprint density at radius 3 is 1.05 bits per heavy atom. The summed E-state index contributed by atoms with van der Waals surface area (Å²) in [5.41, 5.74) is 5.64. The Labute approximate surface area is 137 Å². The zero-order chi connectivity index (χ0) is 16.9. The SMILES string of the molecule is CC(C)C1=CN=C(C(C)C)C1.CC(C)C1=CN=C(C(C)C)C1. The molecule has 0 spiro atoms. The van der Waals surface area contributed by atoms with Gasteiger partial charge < -0.3 is 0 Å². The summed E-state index contributed by atoms with van der Waals surface area (Å²) in [7, 11) is 0. The Balaban J connectivity index is 0.000000220. The van der Waals surface area contributed by atoms with E-state index in [1.165, 1.54) is 22.6 Å². The van der Waals surface area contributed by atoms with Gasteiger partial charge in [-0.1, -0.05) is 55.4 Å². The van der Waals surface area contributed by atoms with Gasteiger partial charge in [0.05, 0.1) is 0 Å². The molecule has 0 bridgehead atoms. The van der Waals surface area contributed by atoms with Crippen LogP contribution in [0.3, 0.4) is 0 Å². The molecule has 0 radical (unpaired) electrons. The Morgan fingerprint density at radius 2 is 0.909 bits per heavy atom. The molecule has 2 heteroatoms.